The van der Waals surface area contributed by atoms with E-state index in [1.807, 2.05) is 0 Å². The number of primary amides is 1. The molecule has 1 aromatic heterocycles. The molecule has 0 saturated carbocycles. The average molecular weight is 429 g/mol. The van der Waals surface area contributed by atoms with Crippen LogP contribution in [0.4, 0.5) is 17.6 Å². The smallest absolute Gasteiger partial charge is 0.380 e. The van der Waals surface area contributed by atoms with E-state index in [0.717, 1.165) is 5.56 Å². The molecule has 1 heterocycles. The summed E-state index contributed by atoms with van der Waals surface area (Å²) in [7, 11) is 1.53. The first-order valence-electron chi connectivity index (χ1n) is 9.31. The Morgan fingerprint density at radius 2 is 1.90 bits per heavy atom. The molecule has 0 saturated heterocycles. The number of benzene rings is 3. The van der Waals surface area contributed by atoms with Crippen molar-refractivity contribution in [1.29, 1.82) is 0 Å². The van der Waals surface area contributed by atoms with Crippen molar-refractivity contribution in [2.45, 2.75) is 19.3 Å². The lowest BCUT2D eigenvalue weighted by molar-refractivity contribution is -0.140. The van der Waals surface area contributed by atoms with Crippen LogP contribution in [0, 0.1) is 11.9 Å². The molecule has 0 aliphatic heterocycles. The Kier molecular flexibility index (Phi) is 5.18. The molecule has 0 aliphatic rings. The number of hydrogen-bond acceptors (Lipinski definition) is 2. The minimum absolute atomic E-state index is 0.129. The Morgan fingerprint density at radius 1 is 1.16 bits per heavy atom. The summed E-state index contributed by atoms with van der Waals surface area (Å²) in [4.78, 5) is 12.0. The number of hydrogen-bond donors (Lipinski definition) is 1. The molecule has 0 fully saturated rings. The summed E-state index contributed by atoms with van der Waals surface area (Å²) < 4.78 is 61.1. The van der Waals surface area contributed by atoms with Gasteiger partial charge >= 0.3 is 6.18 Å². The molecule has 4 rings (SSSR count). The lowest BCUT2D eigenvalue weighted by Gasteiger charge is -2.13. The number of alkyl halides is 3. The molecule has 4 aromatic rings. The van der Waals surface area contributed by atoms with Crippen molar-refractivity contribution < 1.29 is 27.1 Å². The Bertz CT molecular complexity index is 1310. The first kappa shape index (κ1) is 20.9. The topological polar surface area (TPSA) is 57.2 Å². The molecule has 0 spiro atoms. The van der Waals surface area contributed by atoms with Crippen LogP contribution >= 0.6 is 0 Å². The zero-order valence-corrected chi connectivity index (χ0v) is 16.4. The molecule has 2 N–H and O–H groups in total. The molecule has 8 heteroatoms. The summed E-state index contributed by atoms with van der Waals surface area (Å²) in [5, 5.41) is 1.08. The third-order valence-corrected chi connectivity index (χ3v) is 5.14. The molecular weight excluding hydrogens is 412 g/mol. The predicted molar refractivity (Wildman–Crippen MR) is 108 cm³/mol. The molecule has 3 aromatic carbocycles. The van der Waals surface area contributed by atoms with Crippen molar-refractivity contribution in [3.8, 4) is 0 Å². The normalized spacial score (nSPS) is 12.0. The fourth-order valence-electron chi connectivity index (χ4n) is 3.82. The maximum absolute atomic E-state index is 14.7. The first-order valence-corrected chi connectivity index (χ1v) is 9.31. The highest BCUT2D eigenvalue weighted by Crippen LogP contribution is 2.35. The molecule has 159 valence electrons. The van der Waals surface area contributed by atoms with E-state index in [1.54, 1.807) is 34.9 Å². The molecule has 1 radical (unpaired) electrons. The summed E-state index contributed by atoms with van der Waals surface area (Å²) in [6.07, 6.45) is -4.81. The fourth-order valence-corrected chi connectivity index (χ4v) is 3.82. The first-order chi connectivity index (χ1) is 14.7. The van der Waals surface area contributed by atoms with Gasteiger partial charge in [0.2, 0.25) is 5.91 Å². The van der Waals surface area contributed by atoms with Crippen molar-refractivity contribution >= 4 is 27.7 Å². The van der Waals surface area contributed by atoms with Gasteiger partial charge in [0, 0.05) is 29.0 Å². The summed E-state index contributed by atoms with van der Waals surface area (Å²) in [6.45, 7) is 0.108. The van der Waals surface area contributed by atoms with Crippen LogP contribution in [0.25, 0.3) is 21.8 Å². The number of carbonyl (C=O) groups is 1. The van der Waals surface area contributed by atoms with Gasteiger partial charge in [0.25, 0.3) is 0 Å². The molecule has 0 atom stereocenters. The second-order valence-corrected chi connectivity index (χ2v) is 7.13. The number of ether oxygens (including phenoxy) is 1. The molecule has 0 unspecified atom stereocenters. The number of rotatable bonds is 5. The Balaban J connectivity index is 2.00. The van der Waals surface area contributed by atoms with Gasteiger partial charge in [-0.25, -0.2) is 4.39 Å². The van der Waals surface area contributed by atoms with Crippen LogP contribution in [0.1, 0.15) is 27.0 Å². The van der Waals surface area contributed by atoms with Gasteiger partial charge in [-0.1, -0.05) is 18.2 Å². The SMILES string of the molecule is COCc1c[c]c2c3c(C(N)=O)cccc3n(Cc3cccc(C(F)(F)F)c3F)c2c1. The fraction of sp³-hybridized carbons (Fsp3) is 0.174. The second kappa shape index (κ2) is 7.70. The molecule has 1 amide bonds. The molecule has 31 heavy (non-hydrogen) atoms. The largest absolute Gasteiger partial charge is 0.419 e. The third-order valence-electron chi connectivity index (χ3n) is 5.14. The van der Waals surface area contributed by atoms with Crippen LogP contribution in [0.3, 0.4) is 0 Å². The van der Waals surface area contributed by atoms with E-state index in [4.69, 9.17) is 10.5 Å². The van der Waals surface area contributed by atoms with Crippen LogP contribution in [0.15, 0.2) is 48.5 Å². The maximum Gasteiger partial charge on any atom is 0.419 e. The van der Waals surface area contributed by atoms with Gasteiger partial charge in [-0.3, -0.25) is 4.79 Å². The van der Waals surface area contributed by atoms with Crippen molar-refractivity contribution in [2.24, 2.45) is 5.73 Å². The van der Waals surface area contributed by atoms with Crippen LogP contribution in [0.2, 0.25) is 0 Å². The van der Waals surface area contributed by atoms with Crippen LogP contribution in [-0.2, 0) is 24.1 Å². The highest BCUT2D eigenvalue weighted by Gasteiger charge is 2.34. The molecule has 4 nitrogen and oxygen atoms in total. The summed E-state index contributed by atoms with van der Waals surface area (Å²) >= 11 is 0. The van der Waals surface area contributed by atoms with Crippen molar-refractivity contribution in [2.75, 3.05) is 7.11 Å². The van der Waals surface area contributed by atoms with Crippen LogP contribution in [0.5, 0.6) is 0 Å². The number of fused-ring (bicyclic) bond motifs is 3. The van der Waals surface area contributed by atoms with Crippen LogP contribution in [-0.4, -0.2) is 17.6 Å². The lowest BCUT2D eigenvalue weighted by atomic mass is 10.0. The molecule has 0 bridgehead atoms. The number of carbonyl (C=O) groups excluding carboxylic acids is 1. The average Bonchev–Trinajstić information content (AvgIpc) is 3.02. The number of methoxy groups -OCH3 is 1. The van der Waals surface area contributed by atoms with E-state index in [2.05, 4.69) is 6.07 Å². The van der Waals surface area contributed by atoms with Gasteiger partial charge in [-0.15, -0.1) is 0 Å². The standard InChI is InChI=1S/C23H17F4N2O2/c1-31-12-13-8-9-15-19(10-13)29(18-7-3-5-16(20(15)18)22(28)30)11-14-4-2-6-17(21(14)24)23(25,26)27/h2-8,10H,11-12H2,1H3,(H2,28,30). The van der Waals surface area contributed by atoms with Gasteiger partial charge in [0.1, 0.15) is 5.82 Å². The van der Waals surface area contributed by atoms with Gasteiger partial charge in [0.05, 0.1) is 29.7 Å². The number of halogens is 4. The quantitative estimate of drug-likeness (QED) is 0.452. The Morgan fingerprint density at radius 3 is 2.58 bits per heavy atom. The Labute approximate surface area is 174 Å². The summed E-state index contributed by atoms with van der Waals surface area (Å²) in [5.74, 6) is -1.97. The monoisotopic (exact) mass is 429 g/mol. The van der Waals surface area contributed by atoms with Crippen molar-refractivity contribution in [1.82, 2.24) is 4.57 Å². The van der Waals surface area contributed by atoms with E-state index in [0.29, 0.717) is 27.9 Å². The predicted octanol–water partition coefficient (Wildman–Crippen LogP) is 5.05. The van der Waals surface area contributed by atoms with Gasteiger partial charge in [0.15, 0.2) is 0 Å². The van der Waals surface area contributed by atoms with E-state index >= 15 is 0 Å². The highest BCUT2D eigenvalue weighted by atomic mass is 19.4. The van der Waals surface area contributed by atoms with Crippen LogP contribution < -0.4 is 5.73 Å². The summed E-state index contributed by atoms with van der Waals surface area (Å²) in [6, 6.07) is 14.7. The number of amides is 1. The molecule has 0 aliphatic carbocycles. The van der Waals surface area contributed by atoms with Crippen molar-refractivity contribution in [3.05, 3.63) is 82.7 Å². The minimum atomic E-state index is -4.81. The number of nitrogens with two attached hydrogens (primary N) is 1. The maximum atomic E-state index is 14.7. The number of aromatic nitrogens is 1. The zero-order valence-electron chi connectivity index (χ0n) is 16.4. The van der Waals surface area contributed by atoms with E-state index < -0.39 is 23.5 Å². The van der Waals surface area contributed by atoms with Gasteiger partial charge < -0.3 is 15.0 Å². The minimum Gasteiger partial charge on any atom is -0.380 e. The van der Waals surface area contributed by atoms with E-state index in [1.165, 1.54) is 19.2 Å². The lowest BCUT2D eigenvalue weighted by Crippen LogP contribution is -2.12. The zero-order chi connectivity index (χ0) is 22.3. The Hall–Kier alpha value is -3.39. The third kappa shape index (κ3) is 3.63. The van der Waals surface area contributed by atoms with Gasteiger partial charge in [-0.05, 0) is 42.0 Å². The summed E-state index contributed by atoms with van der Waals surface area (Å²) in [5.41, 5.74) is 6.22. The number of nitrogens with zero attached hydrogens (tertiary/aromatic N) is 1. The van der Waals surface area contributed by atoms with E-state index in [9.17, 15) is 22.4 Å². The highest BCUT2D eigenvalue weighted by molar-refractivity contribution is 6.17. The van der Waals surface area contributed by atoms with Gasteiger partial charge in [-0.2, -0.15) is 13.2 Å². The second-order valence-electron chi connectivity index (χ2n) is 7.13. The molecular formula is C23H17F4N2O2. The van der Waals surface area contributed by atoms with E-state index in [-0.39, 0.29) is 24.3 Å². The van der Waals surface area contributed by atoms with Crippen molar-refractivity contribution in [3.63, 3.8) is 0 Å².